The highest BCUT2D eigenvalue weighted by atomic mass is 16.2. The summed E-state index contributed by atoms with van der Waals surface area (Å²) in [6, 6.07) is 0. The Morgan fingerprint density at radius 3 is 2.11 bits per heavy atom. The zero-order valence-electron chi connectivity index (χ0n) is 12.0. The lowest BCUT2D eigenvalue weighted by Gasteiger charge is -2.43. The maximum atomic E-state index is 12.5. The van der Waals surface area contributed by atoms with E-state index in [1.165, 1.54) is 0 Å². The number of nitrogens with zero attached hydrogens (tertiary/aromatic N) is 2. The van der Waals surface area contributed by atoms with Crippen molar-refractivity contribution < 1.29 is 4.79 Å². The van der Waals surface area contributed by atoms with Crippen LogP contribution in [0.3, 0.4) is 0 Å². The van der Waals surface area contributed by atoms with E-state index in [-0.39, 0.29) is 5.91 Å². The molecule has 0 saturated carbocycles. The summed E-state index contributed by atoms with van der Waals surface area (Å²) in [5.41, 5.74) is 5.03. The number of carbonyl (C=O) groups is 1. The Balaban J connectivity index is 2.64. The fourth-order valence-electron chi connectivity index (χ4n) is 1.91. The van der Waals surface area contributed by atoms with Crippen LogP contribution in [0, 0.1) is 17.8 Å². The van der Waals surface area contributed by atoms with Gasteiger partial charge in [-0.25, -0.2) is 0 Å². The minimum atomic E-state index is -0.554. The Morgan fingerprint density at radius 2 is 1.72 bits per heavy atom. The zero-order chi connectivity index (χ0) is 14.0. The molecular formula is C14H25N3O. The number of hydrogen-bond acceptors (Lipinski definition) is 3. The lowest BCUT2D eigenvalue weighted by atomic mass is 9.74. The van der Waals surface area contributed by atoms with Gasteiger partial charge in [0.05, 0.1) is 12.0 Å². The molecule has 0 aliphatic carbocycles. The highest BCUT2D eigenvalue weighted by Crippen LogP contribution is 2.30. The first kappa shape index (κ1) is 15.0. The summed E-state index contributed by atoms with van der Waals surface area (Å²) in [7, 11) is 0. The molecule has 0 aromatic heterocycles. The molecule has 4 heteroatoms. The van der Waals surface area contributed by atoms with Crippen molar-refractivity contribution in [1.82, 2.24) is 9.80 Å². The lowest BCUT2D eigenvalue weighted by Crippen LogP contribution is -2.59. The summed E-state index contributed by atoms with van der Waals surface area (Å²) >= 11 is 0. The van der Waals surface area contributed by atoms with Gasteiger partial charge in [-0.1, -0.05) is 5.92 Å². The van der Waals surface area contributed by atoms with Gasteiger partial charge in [0, 0.05) is 31.7 Å². The molecule has 18 heavy (non-hydrogen) atoms. The van der Waals surface area contributed by atoms with E-state index >= 15 is 0 Å². The second-order valence-corrected chi connectivity index (χ2v) is 6.12. The molecule has 1 aliphatic rings. The SMILES string of the molecule is C#CCN1CCN(C(=O)C(C)(C)C(C)(C)N)CC1. The van der Waals surface area contributed by atoms with Crippen LogP contribution in [-0.2, 0) is 4.79 Å². The third-order valence-electron chi connectivity index (χ3n) is 4.12. The minimum Gasteiger partial charge on any atom is -0.340 e. The van der Waals surface area contributed by atoms with Crippen molar-refractivity contribution in [3.8, 4) is 12.3 Å². The largest absolute Gasteiger partial charge is 0.340 e. The van der Waals surface area contributed by atoms with Crippen molar-refractivity contribution in [2.45, 2.75) is 33.2 Å². The van der Waals surface area contributed by atoms with E-state index in [1.54, 1.807) is 0 Å². The summed E-state index contributed by atoms with van der Waals surface area (Å²) in [6.07, 6.45) is 5.29. The first-order valence-corrected chi connectivity index (χ1v) is 6.44. The average Bonchev–Trinajstić information content (AvgIpc) is 2.28. The van der Waals surface area contributed by atoms with Crippen LogP contribution in [0.5, 0.6) is 0 Å². The van der Waals surface area contributed by atoms with E-state index in [2.05, 4.69) is 10.8 Å². The van der Waals surface area contributed by atoms with E-state index < -0.39 is 11.0 Å². The predicted octanol–water partition coefficient (Wildman–Crippen LogP) is 0.527. The number of nitrogens with two attached hydrogens (primary N) is 1. The molecule has 0 aromatic carbocycles. The molecule has 102 valence electrons. The summed E-state index contributed by atoms with van der Waals surface area (Å²) in [6.45, 7) is 11.5. The molecule has 2 N–H and O–H groups in total. The van der Waals surface area contributed by atoms with E-state index in [0.29, 0.717) is 6.54 Å². The van der Waals surface area contributed by atoms with Crippen molar-refractivity contribution in [1.29, 1.82) is 0 Å². The number of carbonyl (C=O) groups excluding carboxylic acids is 1. The van der Waals surface area contributed by atoms with Gasteiger partial charge in [-0.05, 0) is 27.7 Å². The summed E-state index contributed by atoms with van der Waals surface area (Å²) < 4.78 is 0. The fourth-order valence-corrected chi connectivity index (χ4v) is 1.91. The molecule has 1 rings (SSSR count). The molecule has 1 saturated heterocycles. The maximum Gasteiger partial charge on any atom is 0.230 e. The topological polar surface area (TPSA) is 49.6 Å². The summed E-state index contributed by atoms with van der Waals surface area (Å²) in [4.78, 5) is 16.6. The van der Waals surface area contributed by atoms with Gasteiger partial charge in [-0.2, -0.15) is 0 Å². The van der Waals surface area contributed by atoms with Crippen molar-refractivity contribution >= 4 is 5.91 Å². The van der Waals surface area contributed by atoms with Crippen LogP contribution < -0.4 is 5.73 Å². The molecule has 0 atom stereocenters. The summed E-state index contributed by atoms with van der Waals surface area (Å²) in [5.74, 6) is 2.77. The molecule has 1 amide bonds. The van der Waals surface area contributed by atoms with Gasteiger partial charge in [-0.3, -0.25) is 9.69 Å². The molecular weight excluding hydrogens is 226 g/mol. The monoisotopic (exact) mass is 251 g/mol. The summed E-state index contributed by atoms with van der Waals surface area (Å²) in [5, 5.41) is 0. The minimum absolute atomic E-state index is 0.135. The van der Waals surface area contributed by atoms with Gasteiger partial charge in [-0.15, -0.1) is 6.42 Å². The fraction of sp³-hybridized carbons (Fsp3) is 0.786. The van der Waals surface area contributed by atoms with Crippen LogP contribution >= 0.6 is 0 Å². The normalized spacial score (nSPS) is 18.6. The van der Waals surface area contributed by atoms with Crippen LogP contribution in [0.15, 0.2) is 0 Å². The van der Waals surface area contributed by atoms with Crippen LogP contribution in [0.2, 0.25) is 0 Å². The smallest absolute Gasteiger partial charge is 0.230 e. The van der Waals surface area contributed by atoms with Crippen LogP contribution in [0.25, 0.3) is 0 Å². The molecule has 4 nitrogen and oxygen atoms in total. The lowest BCUT2D eigenvalue weighted by molar-refractivity contribution is -0.145. The van der Waals surface area contributed by atoms with E-state index in [9.17, 15) is 4.79 Å². The number of piperazine rings is 1. The Bertz CT molecular complexity index is 341. The molecule has 1 fully saturated rings. The van der Waals surface area contributed by atoms with Crippen LogP contribution in [-0.4, -0.2) is 54.0 Å². The predicted molar refractivity (Wildman–Crippen MR) is 73.9 cm³/mol. The maximum absolute atomic E-state index is 12.5. The highest BCUT2D eigenvalue weighted by molar-refractivity contribution is 5.83. The molecule has 0 aromatic rings. The van der Waals surface area contributed by atoms with Gasteiger partial charge in [0.15, 0.2) is 0 Å². The molecule has 0 radical (unpaired) electrons. The van der Waals surface area contributed by atoms with Gasteiger partial charge < -0.3 is 10.6 Å². The third-order valence-corrected chi connectivity index (χ3v) is 4.12. The zero-order valence-corrected chi connectivity index (χ0v) is 12.0. The van der Waals surface area contributed by atoms with Gasteiger partial charge in [0.1, 0.15) is 0 Å². The van der Waals surface area contributed by atoms with Crippen molar-refractivity contribution in [2.75, 3.05) is 32.7 Å². The Hall–Kier alpha value is -1.05. The molecule has 1 aliphatic heterocycles. The molecule has 0 unspecified atom stereocenters. The van der Waals surface area contributed by atoms with Crippen LogP contribution in [0.4, 0.5) is 0 Å². The average molecular weight is 251 g/mol. The quantitative estimate of drug-likeness (QED) is 0.744. The van der Waals surface area contributed by atoms with Crippen molar-refractivity contribution in [3.63, 3.8) is 0 Å². The van der Waals surface area contributed by atoms with Gasteiger partial charge in [0.25, 0.3) is 0 Å². The highest BCUT2D eigenvalue weighted by Gasteiger charge is 2.43. The van der Waals surface area contributed by atoms with Crippen molar-refractivity contribution in [2.24, 2.45) is 11.1 Å². The van der Waals surface area contributed by atoms with E-state index in [1.807, 2.05) is 32.6 Å². The van der Waals surface area contributed by atoms with Crippen LogP contribution in [0.1, 0.15) is 27.7 Å². The standard InChI is InChI=1S/C14H25N3O/c1-6-7-16-8-10-17(11-9-16)12(18)13(2,3)14(4,5)15/h1H,7-11,15H2,2-5H3. The number of terminal acetylenes is 1. The Kier molecular flexibility index (Phi) is 4.41. The van der Waals surface area contributed by atoms with Crippen molar-refractivity contribution in [3.05, 3.63) is 0 Å². The second kappa shape index (κ2) is 5.29. The first-order chi connectivity index (χ1) is 8.20. The molecule has 0 bridgehead atoms. The Labute approximate surface area is 110 Å². The molecule has 1 heterocycles. The van der Waals surface area contributed by atoms with Gasteiger partial charge >= 0.3 is 0 Å². The molecule has 0 spiro atoms. The Morgan fingerprint density at radius 1 is 1.22 bits per heavy atom. The first-order valence-electron chi connectivity index (χ1n) is 6.44. The van der Waals surface area contributed by atoms with E-state index in [0.717, 1.165) is 26.2 Å². The number of amides is 1. The number of hydrogen-bond donors (Lipinski definition) is 1. The number of rotatable bonds is 3. The van der Waals surface area contributed by atoms with E-state index in [4.69, 9.17) is 12.2 Å². The second-order valence-electron chi connectivity index (χ2n) is 6.12. The third kappa shape index (κ3) is 3.04. The van der Waals surface area contributed by atoms with Gasteiger partial charge in [0.2, 0.25) is 5.91 Å².